The van der Waals surface area contributed by atoms with Gasteiger partial charge in [-0.05, 0) is 37.6 Å². The molecule has 92 valence electrons. The standard InChI is InChI=1S/C13H17NO3/c1-4-9-17-12-7-5-11(6-8-12)13(15)10(2)14-16-3/h5-8H,4,9H2,1-3H3/b14-10+. The molecule has 0 saturated carbocycles. The molecule has 17 heavy (non-hydrogen) atoms. The Balaban J connectivity index is 2.73. The van der Waals surface area contributed by atoms with Gasteiger partial charge in [0.05, 0.1) is 6.61 Å². The van der Waals surface area contributed by atoms with Crippen LogP contribution in [0.4, 0.5) is 0 Å². The molecule has 0 fully saturated rings. The lowest BCUT2D eigenvalue weighted by atomic mass is 10.1. The molecule has 1 aromatic rings. The van der Waals surface area contributed by atoms with E-state index in [9.17, 15) is 4.79 Å². The maximum atomic E-state index is 11.8. The molecule has 4 nitrogen and oxygen atoms in total. The molecule has 4 heteroatoms. The predicted octanol–water partition coefficient (Wildman–Crippen LogP) is 2.68. The molecule has 0 heterocycles. The van der Waals surface area contributed by atoms with Crippen molar-refractivity contribution in [1.82, 2.24) is 0 Å². The lowest BCUT2D eigenvalue weighted by Gasteiger charge is -2.05. The second kappa shape index (κ2) is 6.68. The van der Waals surface area contributed by atoms with E-state index in [0.29, 0.717) is 17.9 Å². The van der Waals surface area contributed by atoms with E-state index >= 15 is 0 Å². The average molecular weight is 235 g/mol. The second-order valence-electron chi connectivity index (χ2n) is 3.56. The third-order valence-electron chi connectivity index (χ3n) is 2.15. The van der Waals surface area contributed by atoms with Crippen LogP contribution in [0.2, 0.25) is 0 Å². The summed E-state index contributed by atoms with van der Waals surface area (Å²) in [6, 6.07) is 7.01. The molecule has 0 aliphatic carbocycles. The lowest BCUT2D eigenvalue weighted by molar-refractivity contribution is 0.105. The molecule has 0 aliphatic rings. The summed E-state index contributed by atoms with van der Waals surface area (Å²) in [5.74, 6) is 0.624. The van der Waals surface area contributed by atoms with Crippen LogP contribution in [0.1, 0.15) is 30.6 Å². The third-order valence-corrected chi connectivity index (χ3v) is 2.15. The van der Waals surface area contributed by atoms with Crippen molar-refractivity contribution in [2.75, 3.05) is 13.7 Å². The van der Waals surface area contributed by atoms with Crippen molar-refractivity contribution in [2.45, 2.75) is 20.3 Å². The summed E-state index contributed by atoms with van der Waals surface area (Å²) < 4.78 is 5.43. The highest BCUT2D eigenvalue weighted by molar-refractivity contribution is 6.45. The van der Waals surface area contributed by atoms with Crippen molar-refractivity contribution in [3.05, 3.63) is 29.8 Å². The quantitative estimate of drug-likeness (QED) is 0.432. The zero-order valence-electron chi connectivity index (χ0n) is 10.4. The van der Waals surface area contributed by atoms with E-state index in [1.807, 2.05) is 6.92 Å². The third kappa shape index (κ3) is 3.90. The number of benzene rings is 1. The first-order valence-corrected chi connectivity index (χ1v) is 5.54. The minimum absolute atomic E-state index is 0.145. The van der Waals surface area contributed by atoms with Gasteiger partial charge in [0.25, 0.3) is 0 Å². The van der Waals surface area contributed by atoms with Crippen LogP contribution in [0.15, 0.2) is 29.4 Å². The Morgan fingerprint density at radius 2 is 1.94 bits per heavy atom. The molecule has 0 amide bonds. The van der Waals surface area contributed by atoms with Gasteiger partial charge in [0.2, 0.25) is 5.78 Å². The Hall–Kier alpha value is -1.84. The molecule has 0 unspecified atom stereocenters. The van der Waals surface area contributed by atoms with E-state index in [-0.39, 0.29) is 5.78 Å². The highest BCUT2D eigenvalue weighted by Gasteiger charge is 2.10. The van der Waals surface area contributed by atoms with E-state index in [1.54, 1.807) is 31.2 Å². The van der Waals surface area contributed by atoms with Crippen LogP contribution in [-0.4, -0.2) is 25.2 Å². The fourth-order valence-corrected chi connectivity index (χ4v) is 1.31. The monoisotopic (exact) mass is 235 g/mol. The number of hydrogen-bond acceptors (Lipinski definition) is 4. The minimum Gasteiger partial charge on any atom is -0.494 e. The SMILES string of the molecule is CCCOc1ccc(C(=O)/C(C)=N/OC)cc1. The van der Waals surface area contributed by atoms with E-state index in [2.05, 4.69) is 9.99 Å². The molecule has 0 bridgehead atoms. The molecule has 1 rings (SSSR count). The molecule has 0 aliphatic heterocycles. The van der Waals surface area contributed by atoms with Gasteiger partial charge in [0.1, 0.15) is 18.6 Å². The highest BCUT2D eigenvalue weighted by atomic mass is 16.6. The number of hydrogen-bond donors (Lipinski definition) is 0. The summed E-state index contributed by atoms with van der Waals surface area (Å²) in [4.78, 5) is 16.4. The number of ether oxygens (including phenoxy) is 1. The summed E-state index contributed by atoms with van der Waals surface area (Å²) in [5.41, 5.74) is 0.905. The second-order valence-corrected chi connectivity index (χ2v) is 3.56. The molecule has 0 spiro atoms. The number of carbonyl (C=O) groups excluding carboxylic acids is 1. The zero-order chi connectivity index (χ0) is 12.7. The largest absolute Gasteiger partial charge is 0.494 e. The van der Waals surface area contributed by atoms with Gasteiger partial charge in [-0.1, -0.05) is 12.1 Å². The minimum atomic E-state index is -0.145. The first-order chi connectivity index (χ1) is 8.19. The van der Waals surface area contributed by atoms with Crippen LogP contribution < -0.4 is 4.74 Å². The molecule has 0 N–H and O–H groups in total. The number of rotatable bonds is 6. The van der Waals surface area contributed by atoms with E-state index in [4.69, 9.17) is 4.74 Å². The summed E-state index contributed by atoms with van der Waals surface area (Å²) in [7, 11) is 1.42. The van der Waals surface area contributed by atoms with E-state index < -0.39 is 0 Å². The fraction of sp³-hybridized carbons (Fsp3) is 0.385. The fourth-order valence-electron chi connectivity index (χ4n) is 1.31. The average Bonchev–Trinajstić information content (AvgIpc) is 2.36. The van der Waals surface area contributed by atoms with Gasteiger partial charge < -0.3 is 9.57 Å². The van der Waals surface area contributed by atoms with E-state index in [1.165, 1.54) is 7.11 Å². The van der Waals surface area contributed by atoms with Crippen molar-refractivity contribution in [3.63, 3.8) is 0 Å². The van der Waals surface area contributed by atoms with Crippen molar-refractivity contribution >= 4 is 11.5 Å². The van der Waals surface area contributed by atoms with Crippen molar-refractivity contribution in [2.24, 2.45) is 5.16 Å². The van der Waals surface area contributed by atoms with Gasteiger partial charge in [-0.25, -0.2) is 0 Å². The maximum Gasteiger partial charge on any atom is 0.210 e. The first-order valence-electron chi connectivity index (χ1n) is 5.54. The smallest absolute Gasteiger partial charge is 0.210 e. The van der Waals surface area contributed by atoms with Gasteiger partial charge >= 0.3 is 0 Å². The normalized spacial score (nSPS) is 11.1. The van der Waals surface area contributed by atoms with Crippen molar-refractivity contribution in [1.29, 1.82) is 0 Å². The molecule has 0 saturated heterocycles. The summed E-state index contributed by atoms with van der Waals surface area (Å²) in [6.07, 6.45) is 0.959. The maximum absolute atomic E-state index is 11.8. The molecule has 1 aromatic carbocycles. The number of ketones is 1. The van der Waals surface area contributed by atoms with Gasteiger partial charge in [-0.3, -0.25) is 4.79 Å². The Morgan fingerprint density at radius 1 is 1.29 bits per heavy atom. The van der Waals surface area contributed by atoms with Crippen LogP contribution in [0, 0.1) is 0 Å². The Morgan fingerprint density at radius 3 is 2.47 bits per heavy atom. The van der Waals surface area contributed by atoms with Crippen molar-refractivity contribution < 1.29 is 14.4 Å². The summed E-state index contributed by atoms with van der Waals surface area (Å²) >= 11 is 0. The molecular weight excluding hydrogens is 218 g/mol. The topological polar surface area (TPSA) is 47.9 Å². The summed E-state index contributed by atoms with van der Waals surface area (Å²) in [6.45, 7) is 4.34. The van der Waals surface area contributed by atoms with Crippen LogP contribution in [-0.2, 0) is 4.84 Å². The Kier molecular flexibility index (Phi) is 5.20. The number of nitrogens with zero attached hydrogens (tertiary/aromatic N) is 1. The number of oxime groups is 1. The van der Waals surface area contributed by atoms with Crippen LogP contribution >= 0.6 is 0 Å². The molecular formula is C13H17NO3. The first kappa shape index (κ1) is 13.2. The van der Waals surface area contributed by atoms with Crippen molar-refractivity contribution in [3.8, 4) is 5.75 Å². The number of carbonyl (C=O) groups is 1. The van der Waals surface area contributed by atoms with Gasteiger partial charge in [-0.2, -0.15) is 0 Å². The molecule has 0 atom stereocenters. The van der Waals surface area contributed by atoms with Gasteiger partial charge in [0, 0.05) is 5.56 Å². The van der Waals surface area contributed by atoms with Crippen LogP contribution in [0.5, 0.6) is 5.75 Å². The predicted molar refractivity (Wildman–Crippen MR) is 66.7 cm³/mol. The van der Waals surface area contributed by atoms with Crippen LogP contribution in [0.25, 0.3) is 0 Å². The van der Waals surface area contributed by atoms with E-state index in [0.717, 1.165) is 12.2 Å². The summed E-state index contributed by atoms with van der Waals surface area (Å²) in [5, 5.41) is 3.61. The zero-order valence-corrected chi connectivity index (χ0v) is 10.4. The Bertz CT molecular complexity index is 396. The van der Waals surface area contributed by atoms with Crippen LogP contribution in [0.3, 0.4) is 0 Å². The molecule has 0 radical (unpaired) electrons. The Labute approximate surface area is 101 Å². The number of Topliss-reactive ketones (excluding diaryl/α,β-unsaturated/α-hetero) is 1. The van der Waals surface area contributed by atoms with Gasteiger partial charge in [0.15, 0.2) is 0 Å². The molecule has 0 aromatic heterocycles. The highest BCUT2D eigenvalue weighted by Crippen LogP contribution is 2.13. The van der Waals surface area contributed by atoms with Gasteiger partial charge in [-0.15, -0.1) is 0 Å². The lowest BCUT2D eigenvalue weighted by Crippen LogP contribution is -2.10.